The minimum atomic E-state index is -0.515. The molecule has 0 bridgehead atoms. The van der Waals surface area contributed by atoms with E-state index in [9.17, 15) is 5.11 Å². The molecule has 2 aliphatic rings. The highest BCUT2D eigenvalue weighted by Gasteiger charge is 2.28. The second kappa shape index (κ2) is 8.32. The van der Waals surface area contributed by atoms with Gasteiger partial charge in [-0.2, -0.15) is 0 Å². The van der Waals surface area contributed by atoms with E-state index in [2.05, 4.69) is 41.4 Å². The third-order valence-electron chi connectivity index (χ3n) is 5.54. The third kappa shape index (κ3) is 4.71. The first kappa shape index (κ1) is 17.7. The van der Waals surface area contributed by atoms with Crippen molar-refractivity contribution in [2.45, 2.75) is 57.1 Å². The van der Waals surface area contributed by atoms with Crippen molar-refractivity contribution in [1.29, 1.82) is 0 Å². The quantitative estimate of drug-likeness (QED) is 0.813. The lowest BCUT2D eigenvalue weighted by atomic mass is 9.94. The van der Waals surface area contributed by atoms with E-state index in [0.717, 1.165) is 52.0 Å². The van der Waals surface area contributed by atoms with Crippen molar-refractivity contribution in [3.63, 3.8) is 0 Å². The zero-order valence-corrected chi connectivity index (χ0v) is 15.0. The molecule has 2 fully saturated rings. The molecule has 3 rings (SSSR count). The number of anilines is 1. The first-order valence-electron chi connectivity index (χ1n) is 9.55. The lowest BCUT2D eigenvalue weighted by Gasteiger charge is -2.30. The van der Waals surface area contributed by atoms with Crippen LogP contribution in [0.25, 0.3) is 0 Å². The van der Waals surface area contributed by atoms with Gasteiger partial charge in [-0.3, -0.25) is 0 Å². The Morgan fingerprint density at radius 1 is 1.08 bits per heavy atom. The van der Waals surface area contributed by atoms with Crippen molar-refractivity contribution < 1.29 is 9.84 Å². The molecule has 0 radical (unpaired) electrons. The van der Waals surface area contributed by atoms with Crippen molar-refractivity contribution in [2.75, 3.05) is 37.7 Å². The van der Waals surface area contributed by atoms with Gasteiger partial charge in [-0.05, 0) is 37.5 Å². The van der Waals surface area contributed by atoms with Gasteiger partial charge in [0.05, 0.1) is 18.8 Å². The molecule has 1 heterocycles. The van der Waals surface area contributed by atoms with Crippen LogP contribution in [0.15, 0.2) is 24.3 Å². The van der Waals surface area contributed by atoms with E-state index in [1.54, 1.807) is 0 Å². The number of rotatable bonds is 5. The van der Waals surface area contributed by atoms with E-state index >= 15 is 0 Å². The Bertz CT molecular complexity index is 489. The van der Waals surface area contributed by atoms with Crippen LogP contribution < -0.4 is 10.2 Å². The predicted octanol–water partition coefficient (Wildman–Crippen LogP) is 3.26. The van der Waals surface area contributed by atoms with Gasteiger partial charge in [-0.15, -0.1) is 0 Å². The van der Waals surface area contributed by atoms with Gasteiger partial charge >= 0.3 is 0 Å². The van der Waals surface area contributed by atoms with Crippen LogP contribution in [0.2, 0.25) is 0 Å². The van der Waals surface area contributed by atoms with Crippen LogP contribution in [0.3, 0.4) is 0 Å². The van der Waals surface area contributed by atoms with Crippen LogP contribution in [-0.2, 0) is 4.74 Å². The van der Waals surface area contributed by atoms with Crippen molar-refractivity contribution in [3.05, 3.63) is 29.8 Å². The van der Waals surface area contributed by atoms with E-state index in [0.29, 0.717) is 6.54 Å². The number of hydrogen-bond donors (Lipinski definition) is 2. The number of aliphatic hydroxyl groups is 1. The second-order valence-electron chi connectivity index (χ2n) is 7.43. The summed E-state index contributed by atoms with van der Waals surface area (Å²) in [6.07, 6.45) is 6.70. The molecule has 1 aliphatic carbocycles. The third-order valence-corrected chi connectivity index (χ3v) is 5.54. The van der Waals surface area contributed by atoms with Crippen LogP contribution in [0.1, 0.15) is 57.1 Å². The molecule has 4 nitrogen and oxygen atoms in total. The van der Waals surface area contributed by atoms with E-state index in [1.807, 2.05) is 0 Å². The van der Waals surface area contributed by atoms with Gasteiger partial charge in [0, 0.05) is 31.4 Å². The zero-order chi connectivity index (χ0) is 16.8. The van der Waals surface area contributed by atoms with E-state index < -0.39 is 5.60 Å². The zero-order valence-electron chi connectivity index (χ0n) is 15.0. The highest BCUT2D eigenvalue weighted by molar-refractivity contribution is 5.48. The summed E-state index contributed by atoms with van der Waals surface area (Å²) in [6, 6.07) is 9.09. The van der Waals surface area contributed by atoms with Gasteiger partial charge in [0.15, 0.2) is 0 Å². The smallest absolute Gasteiger partial charge is 0.0771 e. The summed E-state index contributed by atoms with van der Waals surface area (Å²) in [5.74, 6) is 0. The Morgan fingerprint density at radius 3 is 2.33 bits per heavy atom. The Balaban J connectivity index is 1.53. The number of ether oxygens (including phenoxy) is 1. The molecule has 134 valence electrons. The van der Waals surface area contributed by atoms with Gasteiger partial charge < -0.3 is 20.1 Å². The maximum atomic E-state index is 10.8. The van der Waals surface area contributed by atoms with E-state index in [1.165, 1.54) is 24.1 Å². The molecule has 1 aliphatic heterocycles. The molecule has 0 aromatic heterocycles. The van der Waals surface area contributed by atoms with Gasteiger partial charge in [0.2, 0.25) is 0 Å². The highest BCUT2D eigenvalue weighted by Crippen LogP contribution is 2.27. The lowest BCUT2D eigenvalue weighted by Crippen LogP contribution is -2.41. The topological polar surface area (TPSA) is 44.7 Å². The predicted molar refractivity (Wildman–Crippen MR) is 98.5 cm³/mol. The first-order chi connectivity index (χ1) is 11.7. The molecule has 1 atom stereocenters. The monoisotopic (exact) mass is 332 g/mol. The molecule has 0 spiro atoms. The molecule has 0 amide bonds. The minimum absolute atomic E-state index is 0.260. The summed E-state index contributed by atoms with van der Waals surface area (Å²) < 4.78 is 5.42. The fourth-order valence-corrected chi connectivity index (χ4v) is 3.82. The normalized spacial score (nSPS) is 22.8. The summed E-state index contributed by atoms with van der Waals surface area (Å²) in [5, 5.41) is 14.3. The van der Waals surface area contributed by atoms with Gasteiger partial charge in [-0.25, -0.2) is 0 Å². The number of nitrogens with zero attached hydrogens (tertiary/aromatic N) is 1. The van der Waals surface area contributed by atoms with Crippen molar-refractivity contribution >= 4 is 5.69 Å². The minimum Gasteiger partial charge on any atom is -0.389 e. The van der Waals surface area contributed by atoms with Crippen molar-refractivity contribution in [3.8, 4) is 0 Å². The van der Waals surface area contributed by atoms with Gasteiger partial charge in [-0.1, -0.05) is 37.8 Å². The maximum Gasteiger partial charge on any atom is 0.0771 e. The molecule has 1 saturated carbocycles. The average Bonchev–Trinajstić information content (AvgIpc) is 2.86. The van der Waals surface area contributed by atoms with Crippen LogP contribution >= 0.6 is 0 Å². The molecular formula is C20H32N2O2. The van der Waals surface area contributed by atoms with Crippen LogP contribution in [-0.4, -0.2) is 43.6 Å². The average molecular weight is 332 g/mol. The van der Waals surface area contributed by atoms with Crippen LogP contribution in [0, 0.1) is 0 Å². The van der Waals surface area contributed by atoms with Crippen LogP contribution in [0.4, 0.5) is 5.69 Å². The Labute approximate surface area is 146 Å². The number of benzene rings is 1. The number of morpholine rings is 1. The molecule has 1 saturated heterocycles. The summed E-state index contributed by atoms with van der Waals surface area (Å²) in [5.41, 5.74) is 2.04. The summed E-state index contributed by atoms with van der Waals surface area (Å²) in [4.78, 5) is 2.37. The molecule has 1 aromatic carbocycles. The summed E-state index contributed by atoms with van der Waals surface area (Å²) in [7, 11) is 0. The second-order valence-corrected chi connectivity index (χ2v) is 7.43. The van der Waals surface area contributed by atoms with Gasteiger partial charge in [0.1, 0.15) is 0 Å². The van der Waals surface area contributed by atoms with Crippen LogP contribution in [0.5, 0.6) is 0 Å². The van der Waals surface area contributed by atoms with E-state index in [4.69, 9.17) is 4.74 Å². The largest absolute Gasteiger partial charge is 0.389 e. The standard InChI is InChI=1S/C20H32N2O2/c1-17(21-16-20(23)10-4-2-3-5-11-20)18-6-8-19(9-7-18)22-12-14-24-15-13-22/h6-9,17,21,23H,2-5,10-16H2,1H3. The molecule has 1 aromatic rings. The number of nitrogens with one attached hydrogen (secondary N) is 1. The number of hydrogen-bond acceptors (Lipinski definition) is 4. The molecular weight excluding hydrogens is 300 g/mol. The molecule has 2 N–H and O–H groups in total. The highest BCUT2D eigenvalue weighted by atomic mass is 16.5. The molecule has 1 unspecified atom stereocenters. The van der Waals surface area contributed by atoms with Gasteiger partial charge in [0.25, 0.3) is 0 Å². The Hall–Kier alpha value is -1.10. The summed E-state index contributed by atoms with van der Waals surface area (Å²) >= 11 is 0. The fraction of sp³-hybridized carbons (Fsp3) is 0.700. The lowest BCUT2D eigenvalue weighted by molar-refractivity contribution is 0.0231. The first-order valence-corrected chi connectivity index (χ1v) is 9.55. The van der Waals surface area contributed by atoms with E-state index in [-0.39, 0.29) is 6.04 Å². The summed E-state index contributed by atoms with van der Waals surface area (Å²) in [6.45, 7) is 6.46. The van der Waals surface area contributed by atoms with Crippen molar-refractivity contribution in [2.24, 2.45) is 0 Å². The Kier molecular flexibility index (Phi) is 6.14. The fourth-order valence-electron chi connectivity index (χ4n) is 3.82. The molecule has 4 heteroatoms. The van der Waals surface area contributed by atoms with Crippen molar-refractivity contribution in [1.82, 2.24) is 5.32 Å². The SMILES string of the molecule is CC(NCC1(O)CCCCCC1)c1ccc(N2CCOCC2)cc1. The molecule has 24 heavy (non-hydrogen) atoms. The Morgan fingerprint density at radius 2 is 1.71 bits per heavy atom. The maximum absolute atomic E-state index is 10.8.